The summed E-state index contributed by atoms with van der Waals surface area (Å²) in [4.78, 5) is 13.4. The van der Waals surface area contributed by atoms with E-state index in [2.05, 4.69) is 16.0 Å². The minimum atomic E-state index is -1.86. The molecule has 0 saturated carbocycles. The van der Waals surface area contributed by atoms with Gasteiger partial charge in [-0.15, -0.1) is 0 Å². The number of amides is 1. The fourth-order valence-corrected chi connectivity index (χ4v) is 3.93. The van der Waals surface area contributed by atoms with Crippen LogP contribution in [0.25, 0.3) is 0 Å². The van der Waals surface area contributed by atoms with Gasteiger partial charge in [-0.05, 0) is 54.4 Å². The van der Waals surface area contributed by atoms with Crippen molar-refractivity contribution in [3.63, 3.8) is 0 Å². The zero-order chi connectivity index (χ0) is 24.0. The van der Waals surface area contributed by atoms with Gasteiger partial charge in [-0.25, -0.2) is 0 Å². The maximum Gasteiger partial charge on any atom is 0.233 e. The van der Waals surface area contributed by atoms with Crippen LogP contribution in [0.3, 0.4) is 0 Å². The molecule has 0 unspecified atom stereocenters. The summed E-state index contributed by atoms with van der Waals surface area (Å²) in [6.45, 7) is 3.95. The van der Waals surface area contributed by atoms with E-state index in [1.165, 1.54) is 0 Å². The van der Waals surface area contributed by atoms with Crippen LogP contribution in [0.4, 0.5) is 5.69 Å². The number of aryl methyl sites for hydroxylation is 2. The lowest BCUT2D eigenvalue weighted by Crippen LogP contribution is -2.57. The molecule has 3 rings (SSSR count). The number of thiocarbonyl (C=S) groups is 1. The van der Waals surface area contributed by atoms with Gasteiger partial charge in [-0.3, -0.25) is 4.79 Å². The van der Waals surface area contributed by atoms with Crippen LogP contribution in [-0.2, 0) is 4.79 Å². The molecule has 3 aromatic carbocycles. The minimum Gasteiger partial charge on any atom is -0.339 e. The fraction of sp³-hybridized carbons (Fsp3) is 0.200. The largest absolute Gasteiger partial charge is 0.339 e. The number of carbonyl (C=O) groups is 1. The van der Waals surface area contributed by atoms with Crippen molar-refractivity contribution in [1.82, 2.24) is 10.6 Å². The molecule has 1 atom stereocenters. The first kappa shape index (κ1) is 25.3. The minimum absolute atomic E-state index is 0.219. The number of rotatable bonds is 6. The Balaban J connectivity index is 1.81. The third-order valence-electron chi connectivity index (χ3n) is 5.06. The van der Waals surface area contributed by atoms with Crippen molar-refractivity contribution in [2.24, 2.45) is 0 Å². The van der Waals surface area contributed by atoms with Gasteiger partial charge in [0.15, 0.2) is 5.11 Å². The molecule has 33 heavy (non-hydrogen) atoms. The normalized spacial score (nSPS) is 12.2. The lowest BCUT2D eigenvalue weighted by atomic mass is 9.90. The molecule has 0 heterocycles. The topological polar surface area (TPSA) is 53.2 Å². The Bertz CT molecular complexity index is 1070. The molecule has 0 spiro atoms. The second-order valence-corrected chi connectivity index (χ2v) is 10.4. The third kappa shape index (κ3) is 7.08. The van der Waals surface area contributed by atoms with Crippen molar-refractivity contribution in [3.8, 4) is 0 Å². The standard InChI is InChI=1S/C25H24Cl3N3OS/c1-16-13-14-17(2)20(15-16)29-24(33)31-23(25(26,27)28)30-22(32)21(18-9-5-3-6-10-18)19-11-7-4-8-12-19/h3-15,21,23H,1-2H3,(H,30,32)(H2,29,31,33)/t23-/m1/s1. The molecule has 8 heteroatoms. The van der Waals surface area contributed by atoms with Crippen LogP contribution in [0.5, 0.6) is 0 Å². The first-order valence-electron chi connectivity index (χ1n) is 10.3. The Morgan fingerprint density at radius 3 is 1.91 bits per heavy atom. The predicted octanol–water partition coefficient (Wildman–Crippen LogP) is 6.23. The summed E-state index contributed by atoms with van der Waals surface area (Å²) in [6, 6.07) is 24.8. The van der Waals surface area contributed by atoms with Gasteiger partial charge in [-0.2, -0.15) is 0 Å². The van der Waals surface area contributed by atoms with Crippen LogP contribution in [0, 0.1) is 13.8 Å². The van der Waals surface area contributed by atoms with Gasteiger partial charge < -0.3 is 16.0 Å². The van der Waals surface area contributed by atoms with E-state index < -0.39 is 15.9 Å². The highest BCUT2D eigenvalue weighted by Crippen LogP contribution is 2.31. The summed E-state index contributed by atoms with van der Waals surface area (Å²) >= 11 is 24.1. The molecule has 0 aliphatic heterocycles. The van der Waals surface area contributed by atoms with Crippen LogP contribution in [0.1, 0.15) is 28.2 Å². The number of benzene rings is 3. The Kier molecular flexibility index (Phi) is 8.60. The molecule has 1 amide bonds. The van der Waals surface area contributed by atoms with Gasteiger partial charge in [-0.1, -0.05) is 108 Å². The van der Waals surface area contributed by atoms with Crippen molar-refractivity contribution >= 4 is 63.7 Å². The summed E-state index contributed by atoms with van der Waals surface area (Å²) in [6.07, 6.45) is -1.07. The van der Waals surface area contributed by atoms with Crippen molar-refractivity contribution in [3.05, 3.63) is 101 Å². The number of anilines is 1. The molecular weight excluding hydrogens is 497 g/mol. The van der Waals surface area contributed by atoms with E-state index in [1.54, 1.807) is 0 Å². The van der Waals surface area contributed by atoms with Crippen molar-refractivity contribution in [2.75, 3.05) is 5.32 Å². The molecule has 0 bridgehead atoms. The van der Waals surface area contributed by atoms with Crippen LogP contribution >= 0.6 is 47.0 Å². The lowest BCUT2D eigenvalue weighted by Gasteiger charge is -2.30. The summed E-state index contributed by atoms with van der Waals surface area (Å²) in [7, 11) is 0. The highest BCUT2D eigenvalue weighted by Gasteiger charge is 2.36. The number of alkyl halides is 3. The molecule has 172 valence electrons. The summed E-state index contributed by atoms with van der Waals surface area (Å²) in [5, 5.41) is 9.09. The zero-order valence-corrected chi connectivity index (χ0v) is 21.2. The average molecular weight is 521 g/mol. The van der Waals surface area contributed by atoms with E-state index in [0.717, 1.165) is 27.9 Å². The Hall–Kier alpha value is -2.31. The number of hydrogen-bond acceptors (Lipinski definition) is 2. The van der Waals surface area contributed by atoms with Crippen molar-refractivity contribution < 1.29 is 4.79 Å². The number of nitrogens with one attached hydrogen (secondary N) is 3. The molecule has 4 nitrogen and oxygen atoms in total. The van der Waals surface area contributed by atoms with Crippen molar-refractivity contribution in [1.29, 1.82) is 0 Å². The van der Waals surface area contributed by atoms with Gasteiger partial charge >= 0.3 is 0 Å². The number of carbonyl (C=O) groups excluding carboxylic acids is 1. The highest BCUT2D eigenvalue weighted by molar-refractivity contribution is 7.80. The van der Waals surface area contributed by atoms with E-state index in [4.69, 9.17) is 47.0 Å². The Morgan fingerprint density at radius 1 is 0.848 bits per heavy atom. The third-order valence-corrected chi connectivity index (χ3v) is 5.93. The molecule has 3 aromatic rings. The monoisotopic (exact) mass is 519 g/mol. The molecule has 0 fully saturated rings. The maximum absolute atomic E-state index is 13.4. The van der Waals surface area contributed by atoms with E-state index in [1.807, 2.05) is 92.7 Å². The van der Waals surface area contributed by atoms with E-state index in [-0.39, 0.29) is 11.0 Å². The van der Waals surface area contributed by atoms with E-state index in [0.29, 0.717) is 0 Å². The molecule has 0 saturated heterocycles. The number of hydrogen-bond donors (Lipinski definition) is 3. The van der Waals surface area contributed by atoms with Gasteiger partial charge in [0.25, 0.3) is 0 Å². The first-order chi connectivity index (χ1) is 15.6. The first-order valence-corrected chi connectivity index (χ1v) is 11.8. The average Bonchev–Trinajstić information content (AvgIpc) is 2.77. The van der Waals surface area contributed by atoms with Gasteiger partial charge in [0.05, 0.1) is 5.92 Å². The van der Waals surface area contributed by atoms with Crippen LogP contribution in [-0.4, -0.2) is 21.0 Å². The Labute approximate surface area is 214 Å². The second-order valence-electron chi connectivity index (χ2n) is 7.65. The molecule has 0 aliphatic rings. The van der Waals surface area contributed by atoms with Crippen LogP contribution < -0.4 is 16.0 Å². The summed E-state index contributed by atoms with van der Waals surface area (Å²) in [5.41, 5.74) is 4.55. The summed E-state index contributed by atoms with van der Waals surface area (Å²) < 4.78 is -1.86. The Morgan fingerprint density at radius 2 is 1.39 bits per heavy atom. The molecule has 3 N–H and O–H groups in total. The highest BCUT2D eigenvalue weighted by atomic mass is 35.6. The predicted molar refractivity (Wildman–Crippen MR) is 142 cm³/mol. The SMILES string of the molecule is Cc1ccc(C)c(NC(=S)N[C@@H](NC(=O)C(c2ccccc2)c2ccccc2)C(Cl)(Cl)Cl)c1. The molecule has 0 aliphatic carbocycles. The van der Waals surface area contributed by atoms with Crippen LogP contribution in [0.2, 0.25) is 0 Å². The lowest BCUT2D eigenvalue weighted by molar-refractivity contribution is -0.122. The van der Waals surface area contributed by atoms with Gasteiger partial charge in [0, 0.05) is 5.69 Å². The molecule has 0 radical (unpaired) electrons. The van der Waals surface area contributed by atoms with Gasteiger partial charge in [0.2, 0.25) is 9.70 Å². The fourth-order valence-electron chi connectivity index (χ4n) is 3.37. The van der Waals surface area contributed by atoms with Crippen LogP contribution in [0.15, 0.2) is 78.9 Å². The molecular formula is C25H24Cl3N3OS. The number of halogens is 3. The quantitative estimate of drug-likeness (QED) is 0.205. The smallest absolute Gasteiger partial charge is 0.233 e. The maximum atomic E-state index is 13.4. The van der Waals surface area contributed by atoms with E-state index in [9.17, 15) is 4.79 Å². The molecule has 0 aromatic heterocycles. The summed E-state index contributed by atoms with van der Waals surface area (Å²) in [5.74, 6) is -0.921. The zero-order valence-electron chi connectivity index (χ0n) is 18.1. The van der Waals surface area contributed by atoms with Gasteiger partial charge in [0.1, 0.15) is 6.17 Å². The van der Waals surface area contributed by atoms with E-state index >= 15 is 0 Å². The van der Waals surface area contributed by atoms with Crippen molar-refractivity contribution in [2.45, 2.75) is 29.7 Å². The second kappa shape index (κ2) is 11.2.